The van der Waals surface area contributed by atoms with Crippen LogP contribution in [-0.2, 0) is 9.53 Å². The van der Waals surface area contributed by atoms with Crippen LogP contribution in [0.4, 0.5) is 0 Å². The third-order valence-electron chi connectivity index (χ3n) is 2.13. The molecule has 92 valence electrons. The Balaban J connectivity index is 3.94. The highest BCUT2D eigenvalue weighted by Gasteiger charge is 2.23. The zero-order chi connectivity index (χ0) is 12.4. The van der Waals surface area contributed by atoms with E-state index in [1.807, 2.05) is 6.92 Å². The molecule has 0 rings (SSSR count). The summed E-state index contributed by atoms with van der Waals surface area (Å²) in [4.78, 5) is 13.5. The fraction of sp³-hybridized carbons (Fsp3) is 0.889. The minimum absolute atomic E-state index is 0.109. The first-order valence-corrected chi connectivity index (χ1v) is 5.09. The van der Waals surface area contributed by atoms with Crippen molar-refractivity contribution in [1.82, 2.24) is 5.32 Å². The van der Waals surface area contributed by atoms with Gasteiger partial charge < -0.3 is 15.2 Å². The van der Waals surface area contributed by atoms with Crippen LogP contribution in [0.3, 0.4) is 0 Å². The summed E-state index contributed by atoms with van der Waals surface area (Å²) in [6.45, 7) is 3.07. The highest BCUT2D eigenvalue weighted by atomic mass is 16.5. The summed E-state index contributed by atoms with van der Waals surface area (Å²) >= 11 is 0. The topological polar surface area (TPSA) is 107 Å². The summed E-state index contributed by atoms with van der Waals surface area (Å²) in [5.41, 5.74) is 8.05. The zero-order valence-electron chi connectivity index (χ0n) is 9.59. The van der Waals surface area contributed by atoms with E-state index in [1.165, 1.54) is 7.11 Å². The molecule has 0 aromatic carbocycles. The predicted molar refractivity (Wildman–Crippen MR) is 59.1 cm³/mol. The van der Waals surface area contributed by atoms with Crippen molar-refractivity contribution < 1.29 is 14.6 Å². The zero-order valence-corrected chi connectivity index (χ0v) is 9.59. The molecule has 2 unspecified atom stereocenters. The predicted octanol–water partition coefficient (Wildman–Crippen LogP) is 1.01. The summed E-state index contributed by atoms with van der Waals surface area (Å²) in [5, 5.41) is 15.2. The molecule has 7 heteroatoms. The molecular formula is C9H18N4O3. The molecule has 0 bridgehead atoms. The van der Waals surface area contributed by atoms with Crippen molar-refractivity contribution in [3.8, 4) is 0 Å². The van der Waals surface area contributed by atoms with E-state index in [-0.39, 0.29) is 5.92 Å². The van der Waals surface area contributed by atoms with Gasteiger partial charge in [0.25, 0.3) is 0 Å². The van der Waals surface area contributed by atoms with Gasteiger partial charge >= 0.3 is 5.97 Å². The van der Waals surface area contributed by atoms with E-state index in [0.29, 0.717) is 26.1 Å². The number of methoxy groups -OCH3 is 1. The number of carbonyl (C=O) groups is 1. The summed E-state index contributed by atoms with van der Waals surface area (Å²) < 4.78 is 4.91. The van der Waals surface area contributed by atoms with Crippen molar-refractivity contribution >= 4 is 5.97 Å². The van der Waals surface area contributed by atoms with Crippen LogP contribution in [0.15, 0.2) is 5.11 Å². The molecule has 0 aromatic rings. The number of nitrogens with zero attached hydrogens (tertiary/aromatic N) is 3. The second kappa shape index (κ2) is 8.96. The molecule has 0 fully saturated rings. The van der Waals surface area contributed by atoms with E-state index >= 15 is 0 Å². The van der Waals surface area contributed by atoms with Gasteiger partial charge in [0.15, 0.2) is 0 Å². The highest BCUT2D eigenvalue weighted by Crippen LogP contribution is 2.03. The van der Waals surface area contributed by atoms with E-state index < -0.39 is 12.0 Å². The van der Waals surface area contributed by atoms with Gasteiger partial charge in [0.1, 0.15) is 6.04 Å². The fourth-order valence-electron chi connectivity index (χ4n) is 1.34. The minimum atomic E-state index is -0.895. The Labute approximate surface area is 94.4 Å². The van der Waals surface area contributed by atoms with Gasteiger partial charge in [0.2, 0.25) is 0 Å². The van der Waals surface area contributed by atoms with Crippen LogP contribution in [0.25, 0.3) is 10.4 Å². The van der Waals surface area contributed by atoms with Crippen molar-refractivity contribution in [3.05, 3.63) is 10.4 Å². The van der Waals surface area contributed by atoms with Gasteiger partial charge in [-0.25, -0.2) is 0 Å². The molecule has 0 aliphatic rings. The Hall–Kier alpha value is -1.30. The van der Waals surface area contributed by atoms with Crippen LogP contribution in [0, 0.1) is 5.92 Å². The molecule has 0 aromatic heterocycles. The lowest BCUT2D eigenvalue weighted by molar-refractivity contribution is -0.141. The number of ether oxygens (including phenoxy) is 1. The first-order valence-electron chi connectivity index (χ1n) is 5.09. The Morgan fingerprint density at radius 1 is 1.69 bits per heavy atom. The smallest absolute Gasteiger partial charge is 0.321 e. The summed E-state index contributed by atoms with van der Waals surface area (Å²) in [5.74, 6) is -1.00. The van der Waals surface area contributed by atoms with Gasteiger partial charge in [0.05, 0.1) is 6.61 Å². The van der Waals surface area contributed by atoms with Gasteiger partial charge in [-0.15, -0.1) is 0 Å². The van der Waals surface area contributed by atoms with E-state index in [4.69, 9.17) is 15.4 Å². The lowest BCUT2D eigenvalue weighted by Crippen LogP contribution is -2.43. The quantitative estimate of drug-likeness (QED) is 0.267. The number of hydrogen-bond donors (Lipinski definition) is 2. The van der Waals surface area contributed by atoms with Crippen LogP contribution < -0.4 is 5.32 Å². The van der Waals surface area contributed by atoms with Gasteiger partial charge in [-0.1, -0.05) is 12.0 Å². The number of hydrogen-bond acceptors (Lipinski definition) is 4. The number of carboxylic acid groups (broad SMARTS) is 1. The monoisotopic (exact) mass is 230 g/mol. The normalized spacial score (nSPS) is 13.9. The molecule has 7 nitrogen and oxygen atoms in total. The van der Waals surface area contributed by atoms with Gasteiger partial charge in [-0.3, -0.25) is 4.79 Å². The maximum atomic E-state index is 10.9. The van der Waals surface area contributed by atoms with Crippen molar-refractivity contribution in [3.63, 3.8) is 0 Å². The lowest BCUT2D eigenvalue weighted by Gasteiger charge is -2.20. The second-order valence-corrected chi connectivity index (χ2v) is 3.51. The van der Waals surface area contributed by atoms with Crippen LogP contribution in [0.5, 0.6) is 0 Å². The van der Waals surface area contributed by atoms with Crippen molar-refractivity contribution in [2.75, 3.05) is 26.8 Å². The third-order valence-corrected chi connectivity index (χ3v) is 2.13. The van der Waals surface area contributed by atoms with Crippen molar-refractivity contribution in [2.24, 2.45) is 11.0 Å². The molecular weight excluding hydrogens is 212 g/mol. The van der Waals surface area contributed by atoms with Gasteiger partial charge in [-0.05, 0) is 18.5 Å². The van der Waals surface area contributed by atoms with Crippen LogP contribution >= 0.6 is 0 Å². The first-order chi connectivity index (χ1) is 7.63. The molecule has 0 saturated heterocycles. The Bertz CT molecular complexity index is 253. The summed E-state index contributed by atoms with van der Waals surface area (Å²) in [6, 6.07) is -0.633. The Morgan fingerprint density at radius 2 is 2.38 bits per heavy atom. The largest absolute Gasteiger partial charge is 0.480 e. The number of rotatable bonds is 9. The van der Waals surface area contributed by atoms with Gasteiger partial charge in [0, 0.05) is 24.5 Å². The van der Waals surface area contributed by atoms with Crippen LogP contribution in [-0.4, -0.2) is 43.9 Å². The Kier molecular flexibility index (Phi) is 8.24. The number of nitrogens with one attached hydrogen (secondary N) is 1. The molecule has 0 heterocycles. The molecule has 0 saturated carbocycles. The Morgan fingerprint density at radius 3 is 2.88 bits per heavy atom. The summed E-state index contributed by atoms with van der Waals surface area (Å²) in [6.07, 6.45) is 0.619. The van der Waals surface area contributed by atoms with Crippen molar-refractivity contribution in [1.29, 1.82) is 0 Å². The number of azide groups is 1. The summed E-state index contributed by atoms with van der Waals surface area (Å²) in [7, 11) is 1.54. The van der Waals surface area contributed by atoms with E-state index in [2.05, 4.69) is 15.3 Å². The molecule has 0 amide bonds. The molecule has 2 N–H and O–H groups in total. The first kappa shape index (κ1) is 14.7. The average Bonchev–Trinajstić information content (AvgIpc) is 2.23. The molecule has 0 spiro atoms. The average molecular weight is 230 g/mol. The highest BCUT2D eigenvalue weighted by molar-refractivity contribution is 5.73. The van der Waals surface area contributed by atoms with Crippen molar-refractivity contribution in [2.45, 2.75) is 19.4 Å². The molecule has 2 atom stereocenters. The molecule has 0 aliphatic heterocycles. The van der Waals surface area contributed by atoms with Crippen LogP contribution in [0.1, 0.15) is 13.3 Å². The number of carboxylic acids is 1. The number of aliphatic carboxylic acids is 1. The standard InChI is InChI=1S/C9H18N4O3/c1-7(6-16-2)8(9(14)15)11-4-3-5-12-13-10/h7-8,11H,3-6H2,1-2H3,(H,14,15). The van der Waals surface area contributed by atoms with E-state index in [1.54, 1.807) is 0 Å². The maximum absolute atomic E-state index is 10.9. The lowest BCUT2D eigenvalue weighted by atomic mass is 10.0. The SMILES string of the molecule is COCC(C)C(NCCCN=[N+]=[N-])C(=O)O. The second-order valence-electron chi connectivity index (χ2n) is 3.51. The third kappa shape index (κ3) is 6.23. The van der Waals surface area contributed by atoms with Gasteiger partial charge in [-0.2, -0.15) is 0 Å². The fourth-order valence-corrected chi connectivity index (χ4v) is 1.34. The molecule has 16 heavy (non-hydrogen) atoms. The molecule has 0 radical (unpaired) electrons. The van der Waals surface area contributed by atoms with Crippen LogP contribution in [0.2, 0.25) is 0 Å². The van der Waals surface area contributed by atoms with E-state index in [0.717, 1.165) is 0 Å². The minimum Gasteiger partial charge on any atom is -0.480 e. The van der Waals surface area contributed by atoms with E-state index in [9.17, 15) is 4.79 Å². The maximum Gasteiger partial charge on any atom is 0.321 e. The molecule has 0 aliphatic carbocycles.